The van der Waals surface area contributed by atoms with Crippen LogP contribution in [0, 0.1) is 11.3 Å². The Morgan fingerprint density at radius 2 is 1.94 bits per heavy atom. The van der Waals surface area contributed by atoms with Crippen LogP contribution in [-0.4, -0.2) is 41.9 Å². The van der Waals surface area contributed by atoms with E-state index in [-0.39, 0.29) is 23.3 Å². The topological polar surface area (TPSA) is 136 Å². The van der Waals surface area contributed by atoms with Gasteiger partial charge < -0.3 is 26.2 Å². The number of rotatable bonds is 5. The van der Waals surface area contributed by atoms with Gasteiger partial charge in [-0.2, -0.15) is 0 Å². The van der Waals surface area contributed by atoms with E-state index in [0.29, 0.717) is 35.2 Å². The Hall–Kier alpha value is -3.37. The molecule has 6 rings (SSSR count). The molecule has 4 aromatic rings. The van der Waals surface area contributed by atoms with Gasteiger partial charge in [-0.15, -0.1) is 0 Å². The molecule has 0 bridgehead atoms. The standard InChI is InChI=1S/C25H26F2N6O2/c1-24(26,27)15-9-13-3-2-12(8-17(13)32-22(15)29)4-6-25-10-16(25)18(19(34)20(25)35)33-7-5-14-21(28)30-11-31-23(14)33/h2-3,5,7-9,11,16,18-20,34-35H,4,6,10H2,1H3,(H2,29,32)(H2,28,30,31). The van der Waals surface area contributed by atoms with Gasteiger partial charge in [0.15, 0.2) is 0 Å². The number of nitrogens with zero attached hydrogens (tertiary/aromatic N) is 4. The summed E-state index contributed by atoms with van der Waals surface area (Å²) in [6, 6.07) is 8.43. The van der Waals surface area contributed by atoms with Crippen LogP contribution < -0.4 is 11.5 Å². The second kappa shape index (κ2) is 7.32. The van der Waals surface area contributed by atoms with Crippen LogP contribution in [0.1, 0.15) is 36.9 Å². The molecule has 35 heavy (non-hydrogen) atoms. The number of alkyl halides is 2. The first kappa shape index (κ1) is 22.1. The highest BCUT2D eigenvalue weighted by atomic mass is 19.3. The maximum absolute atomic E-state index is 13.8. The summed E-state index contributed by atoms with van der Waals surface area (Å²) in [5, 5.41) is 23.3. The molecule has 3 aromatic heterocycles. The number of aliphatic hydroxyl groups excluding tert-OH is 2. The average Bonchev–Trinajstić information content (AvgIpc) is 3.30. The lowest BCUT2D eigenvalue weighted by atomic mass is 9.91. The third kappa shape index (κ3) is 3.27. The Kier molecular flexibility index (Phi) is 4.62. The lowest BCUT2D eigenvalue weighted by Gasteiger charge is -2.24. The van der Waals surface area contributed by atoms with E-state index in [9.17, 15) is 19.0 Å². The van der Waals surface area contributed by atoms with Crippen molar-refractivity contribution in [3.8, 4) is 0 Å². The first-order valence-electron chi connectivity index (χ1n) is 11.6. The van der Waals surface area contributed by atoms with Crippen LogP contribution in [0.4, 0.5) is 20.4 Å². The lowest BCUT2D eigenvalue weighted by molar-refractivity contribution is -0.0191. The number of nitrogen functional groups attached to an aromatic ring is 2. The molecule has 2 saturated carbocycles. The quantitative estimate of drug-likeness (QED) is 0.344. The Morgan fingerprint density at radius 1 is 1.14 bits per heavy atom. The van der Waals surface area contributed by atoms with Gasteiger partial charge in [0, 0.05) is 23.9 Å². The number of aryl methyl sites for hydroxylation is 1. The Bertz CT molecular complexity index is 1470. The van der Waals surface area contributed by atoms with Crippen molar-refractivity contribution in [1.29, 1.82) is 0 Å². The van der Waals surface area contributed by atoms with Gasteiger partial charge >= 0.3 is 0 Å². The number of hydrogen-bond donors (Lipinski definition) is 4. The van der Waals surface area contributed by atoms with E-state index >= 15 is 0 Å². The molecule has 6 N–H and O–H groups in total. The van der Waals surface area contributed by atoms with Gasteiger partial charge in [-0.3, -0.25) is 0 Å². The van der Waals surface area contributed by atoms with Crippen molar-refractivity contribution >= 4 is 33.6 Å². The van der Waals surface area contributed by atoms with E-state index in [1.54, 1.807) is 6.07 Å². The van der Waals surface area contributed by atoms with Gasteiger partial charge in [-0.1, -0.05) is 12.1 Å². The minimum absolute atomic E-state index is 0.0999. The van der Waals surface area contributed by atoms with Crippen molar-refractivity contribution in [2.24, 2.45) is 11.3 Å². The van der Waals surface area contributed by atoms with Gasteiger partial charge in [0.1, 0.15) is 29.7 Å². The molecule has 2 fully saturated rings. The van der Waals surface area contributed by atoms with Gasteiger partial charge in [0.05, 0.1) is 28.6 Å². The third-order valence-corrected chi connectivity index (χ3v) is 7.98. The molecular formula is C25H26F2N6O2. The van der Waals surface area contributed by atoms with Crippen LogP contribution in [0.25, 0.3) is 21.9 Å². The molecule has 1 aromatic carbocycles. The first-order valence-corrected chi connectivity index (χ1v) is 11.6. The van der Waals surface area contributed by atoms with E-state index in [0.717, 1.165) is 24.3 Å². The fourth-order valence-electron chi connectivity index (χ4n) is 6.05. The number of aromatic nitrogens is 4. The molecule has 5 unspecified atom stereocenters. The fourth-order valence-corrected chi connectivity index (χ4v) is 6.05. The predicted molar refractivity (Wildman–Crippen MR) is 128 cm³/mol. The zero-order chi connectivity index (χ0) is 24.7. The normalized spacial score (nSPS) is 28.0. The van der Waals surface area contributed by atoms with Gasteiger partial charge in [-0.05, 0) is 48.9 Å². The molecule has 0 amide bonds. The number of anilines is 2. The van der Waals surface area contributed by atoms with Crippen LogP contribution in [0.3, 0.4) is 0 Å². The monoisotopic (exact) mass is 480 g/mol. The second-order valence-electron chi connectivity index (χ2n) is 10.0. The molecule has 5 atom stereocenters. The number of fused-ring (bicyclic) bond motifs is 3. The highest BCUT2D eigenvalue weighted by Crippen LogP contribution is 2.69. The lowest BCUT2D eigenvalue weighted by Crippen LogP contribution is -2.34. The summed E-state index contributed by atoms with van der Waals surface area (Å²) in [6.07, 6.45) is 3.58. The number of pyridine rings is 1. The maximum atomic E-state index is 13.8. The van der Waals surface area contributed by atoms with Crippen molar-refractivity contribution < 1.29 is 19.0 Å². The second-order valence-corrected chi connectivity index (χ2v) is 10.0. The number of nitrogens with two attached hydrogens (primary N) is 2. The van der Waals surface area contributed by atoms with Crippen molar-refractivity contribution in [3.63, 3.8) is 0 Å². The molecule has 3 heterocycles. The maximum Gasteiger partial charge on any atom is 0.274 e. The van der Waals surface area contributed by atoms with Crippen molar-refractivity contribution in [2.45, 2.75) is 50.4 Å². The number of hydrogen-bond acceptors (Lipinski definition) is 7. The Balaban J connectivity index is 1.25. The molecule has 10 heteroatoms. The summed E-state index contributed by atoms with van der Waals surface area (Å²) in [5.74, 6) is -2.77. The van der Waals surface area contributed by atoms with Crippen LogP contribution in [-0.2, 0) is 12.3 Å². The van der Waals surface area contributed by atoms with Crippen molar-refractivity contribution in [1.82, 2.24) is 19.5 Å². The molecular weight excluding hydrogens is 454 g/mol. The summed E-state index contributed by atoms with van der Waals surface area (Å²) >= 11 is 0. The molecule has 182 valence electrons. The summed E-state index contributed by atoms with van der Waals surface area (Å²) in [6.45, 7) is 0.805. The summed E-state index contributed by atoms with van der Waals surface area (Å²) in [5.41, 5.74) is 13.3. The summed E-state index contributed by atoms with van der Waals surface area (Å²) in [4.78, 5) is 12.6. The number of halogens is 2. The Labute approximate surface area is 199 Å². The van der Waals surface area contributed by atoms with Crippen molar-refractivity contribution in [2.75, 3.05) is 11.5 Å². The molecule has 0 spiro atoms. The van der Waals surface area contributed by atoms with Gasteiger partial charge in [-0.25, -0.2) is 23.7 Å². The molecule has 8 nitrogen and oxygen atoms in total. The van der Waals surface area contributed by atoms with Gasteiger partial charge in [0.25, 0.3) is 5.92 Å². The molecule has 0 saturated heterocycles. The van der Waals surface area contributed by atoms with E-state index in [1.165, 1.54) is 12.4 Å². The first-order chi connectivity index (χ1) is 16.6. The fraction of sp³-hybridized carbons (Fsp3) is 0.400. The zero-order valence-electron chi connectivity index (χ0n) is 19.1. The Morgan fingerprint density at radius 3 is 2.71 bits per heavy atom. The smallest absolute Gasteiger partial charge is 0.274 e. The molecule has 0 radical (unpaired) electrons. The summed E-state index contributed by atoms with van der Waals surface area (Å²) in [7, 11) is 0. The van der Waals surface area contributed by atoms with E-state index < -0.39 is 23.5 Å². The SMILES string of the molecule is CC(F)(F)c1cc2ccc(CCC34CC3C(n3ccc5c(N)ncnc53)C(O)C4O)cc2nc1N. The van der Waals surface area contributed by atoms with Crippen LogP contribution in [0.15, 0.2) is 42.9 Å². The largest absolute Gasteiger partial charge is 0.390 e. The van der Waals surface area contributed by atoms with Crippen LogP contribution >= 0.6 is 0 Å². The minimum atomic E-state index is -3.07. The zero-order valence-corrected chi connectivity index (χ0v) is 19.1. The highest BCUT2D eigenvalue weighted by Gasteiger charge is 2.70. The summed E-state index contributed by atoms with van der Waals surface area (Å²) < 4.78 is 29.5. The van der Waals surface area contributed by atoms with Crippen molar-refractivity contribution in [3.05, 3.63) is 54.0 Å². The average molecular weight is 481 g/mol. The van der Waals surface area contributed by atoms with Crippen LogP contribution in [0.5, 0.6) is 0 Å². The highest BCUT2D eigenvalue weighted by molar-refractivity contribution is 5.86. The molecule has 2 aliphatic carbocycles. The predicted octanol–water partition coefficient (Wildman–Crippen LogP) is 3.17. The van der Waals surface area contributed by atoms with E-state index in [2.05, 4.69) is 15.0 Å². The van der Waals surface area contributed by atoms with Crippen LogP contribution in [0.2, 0.25) is 0 Å². The van der Waals surface area contributed by atoms with E-state index in [1.807, 2.05) is 29.0 Å². The van der Waals surface area contributed by atoms with E-state index in [4.69, 9.17) is 11.5 Å². The van der Waals surface area contributed by atoms with Gasteiger partial charge in [0.2, 0.25) is 0 Å². The molecule has 2 aliphatic rings. The third-order valence-electron chi connectivity index (χ3n) is 7.98. The number of aliphatic hydroxyl groups is 2. The molecule has 0 aliphatic heterocycles. The number of benzene rings is 1. The minimum Gasteiger partial charge on any atom is -0.390 e.